The Morgan fingerprint density at radius 2 is 2.05 bits per heavy atom. The third-order valence-corrected chi connectivity index (χ3v) is 4.58. The fraction of sp³-hybridized carbons (Fsp3) is 0.571. The van der Waals surface area contributed by atoms with Crippen LogP contribution in [0, 0.1) is 6.92 Å². The standard InChI is InChI=1S/C14H24N2O3S/c1-5-15-10-13-8-14(7-6-11(13)2)20(17,18)16-9-12(3)19-4/h6-8,12,15-16H,5,9-10H2,1-4H3. The lowest BCUT2D eigenvalue weighted by Crippen LogP contribution is -2.31. The summed E-state index contributed by atoms with van der Waals surface area (Å²) < 4.78 is 32.0. The number of sulfonamides is 1. The second-order valence-electron chi connectivity index (χ2n) is 4.77. The summed E-state index contributed by atoms with van der Waals surface area (Å²) in [6, 6.07) is 5.18. The maximum atomic E-state index is 12.2. The Kier molecular flexibility index (Phi) is 6.61. The number of methoxy groups -OCH3 is 1. The quantitative estimate of drug-likeness (QED) is 0.762. The molecule has 5 nitrogen and oxygen atoms in total. The van der Waals surface area contributed by atoms with Crippen LogP contribution in [0.25, 0.3) is 0 Å². The van der Waals surface area contributed by atoms with E-state index in [0.29, 0.717) is 11.4 Å². The van der Waals surface area contributed by atoms with Gasteiger partial charge < -0.3 is 10.1 Å². The van der Waals surface area contributed by atoms with Crippen LogP contribution in [0.5, 0.6) is 0 Å². The molecule has 0 saturated carbocycles. The lowest BCUT2D eigenvalue weighted by atomic mass is 10.1. The molecule has 1 atom stereocenters. The molecule has 114 valence electrons. The number of ether oxygens (including phenoxy) is 1. The second-order valence-corrected chi connectivity index (χ2v) is 6.53. The Bertz CT molecular complexity index is 529. The molecule has 0 radical (unpaired) electrons. The van der Waals surface area contributed by atoms with Gasteiger partial charge in [0.15, 0.2) is 0 Å². The van der Waals surface area contributed by atoms with Crippen LogP contribution in [-0.4, -0.2) is 34.7 Å². The fourth-order valence-corrected chi connectivity index (χ4v) is 2.82. The molecule has 0 aliphatic rings. The highest BCUT2D eigenvalue weighted by atomic mass is 32.2. The van der Waals surface area contributed by atoms with Gasteiger partial charge in [0.1, 0.15) is 0 Å². The van der Waals surface area contributed by atoms with Crippen LogP contribution >= 0.6 is 0 Å². The van der Waals surface area contributed by atoms with E-state index in [1.54, 1.807) is 19.2 Å². The van der Waals surface area contributed by atoms with Crippen molar-refractivity contribution in [2.75, 3.05) is 20.2 Å². The molecular weight excluding hydrogens is 276 g/mol. The van der Waals surface area contributed by atoms with Crippen molar-refractivity contribution >= 4 is 10.0 Å². The fourth-order valence-electron chi connectivity index (χ4n) is 1.66. The van der Waals surface area contributed by atoms with E-state index in [1.165, 1.54) is 0 Å². The van der Waals surface area contributed by atoms with Crippen molar-refractivity contribution < 1.29 is 13.2 Å². The summed E-state index contributed by atoms with van der Waals surface area (Å²) in [6.45, 7) is 7.58. The van der Waals surface area contributed by atoms with Crippen molar-refractivity contribution in [1.82, 2.24) is 10.0 Å². The van der Waals surface area contributed by atoms with E-state index in [2.05, 4.69) is 10.0 Å². The van der Waals surface area contributed by atoms with Gasteiger partial charge in [-0.25, -0.2) is 13.1 Å². The van der Waals surface area contributed by atoms with Crippen molar-refractivity contribution in [3.05, 3.63) is 29.3 Å². The van der Waals surface area contributed by atoms with Gasteiger partial charge >= 0.3 is 0 Å². The summed E-state index contributed by atoms with van der Waals surface area (Å²) >= 11 is 0. The molecule has 1 aromatic rings. The highest BCUT2D eigenvalue weighted by molar-refractivity contribution is 7.89. The van der Waals surface area contributed by atoms with Gasteiger partial charge in [0.25, 0.3) is 0 Å². The molecule has 0 aromatic heterocycles. The molecule has 0 bridgehead atoms. The first-order valence-corrected chi connectivity index (χ1v) is 8.21. The zero-order valence-corrected chi connectivity index (χ0v) is 13.4. The van der Waals surface area contributed by atoms with Gasteiger partial charge in [0.2, 0.25) is 10.0 Å². The van der Waals surface area contributed by atoms with Gasteiger partial charge in [-0.3, -0.25) is 0 Å². The minimum atomic E-state index is -3.49. The van der Waals surface area contributed by atoms with Crippen LogP contribution in [0.1, 0.15) is 25.0 Å². The van der Waals surface area contributed by atoms with Crippen molar-refractivity contribution in [2.45, 2.75) is 38.3 Å². The first-order chi connectivity index (χ1) is 9.40. The molecule has 6 heteroatoms. The maximum Gasteiger partial charge on any atom is 0.240 e. The predicted molar refractivity (Wildman–Crippen MR) is 80.2 cm³/mol. The van der Waals surface area contributed by atoms with Gasteiger partial charge in [0, 0.05) is 20.2 Å². The monoisotopic (exact) mass is 300 g/mol. The average molecular weight is 300 g/mol. The smallest absolute Gasteiger partial charge is 0.240 e. The first kappa shape index (κ1) is 17.1. The minimum Gasteiger partial charge on any atom is -0.380 e. The molecule has 1 rings (SSSR count). The van der Waals surface area contributed by atoms with E-state index in [0.717, 1.165) is 17.7 Å². The summed E-state index contributed by atoms with van der Waals surface area (Å²) in [4.78, 5) is 0.291. The minimum absolute atomic E-state index is 0.156. The van der Waals surface area contributed by atoms with E-state index in [1.807, 2.05) is 26.8 Å². The van der Waals surface area contributed by atoms with Crippen LogP contribution in [-0.2, 0) is 21.3 Å². The Morgan fingerprint density at radius 1 is 1.35 bits per heavy atom. The highest BCUT2D eigenvalue weighted by Gasteiger charge is 2.16. The third kappa shape index (κ3) is 4.86. The lowest BCUT2D eigenvalue weighted by Gasteiger charge is -2.13. The van der Waals surface area contributed by atoms with Crippen LogP contribution in [0.3, 0.4) is 0 Å². The predicted octanol–water partition coefficient (Wildman–Crippen LogP) is 1.42. The summed E-state index contributed by atoms with van der Waals surface area (Å²) in [5, 5.41) is 3.21. The second kappa shape index (κ2) is 7.73. The summed E-state index contributed by atoms with van der Waals surface area (Å²) in [5.74, 6) is 0. The summed E-state index contributed by atoms with van der Waals surface area (Å²) in [5.41, 5.74) is 2.07. The van der Waals surface area contributed by atoms with Crippen molar-refractivity contribution in [2.24, 2.45) is 0 Å². The summed E-state index contributed by atoms with van der Waals surface area (Å²) in [6.07, 6.45) is -0.156. The molecule has 0 amide bonds. The molecule has 0 heterocycles. The molecular formula is C14H24N2O3S. The van der Waals surface area contributed by atoms with Gasteiger partial charge in [-0.1, -0.05) is 13.0 Å². The summed E-state index contributed by atoms with van der Waals surface area (Å²) in [7, 11) is -1.93. The van der Waals surface area contributed by atoms with Crippen LogP contribution in [0.4, 0.5) is 0 Å². The Morgan fingerprint density at radius 3 is 2.65 bits per heavy atom. The van der Waals surface area contributed by atoms with Crippen LogP contribution in [0.2, 0.25) is 0 Å². The molecule has 0 aliphatic carbocycles. The number of hydrogen-bond acceptors (Lipinski definition) is 4. The maximum absolute atomic E-state index is 12.2. The average Bonchev–Trinajstić information content (AvgIpc) is 2.43. The number of rotatable bonds is 8. The molecule has 0 fully saturated rings. The Balaban J connectivity index is 2.89. The van der Waals surface area contributed by atoms with E-state index in [9.17, 15) is 8.42 Å². The molecule has 0 aliphatic heterocycles. The zero-order chi connectivity index (χ0) is 15.2. The van der Waals surface area contributed by atoms with E-state index >= 15 is 0 Å². The Hall–Kier alpha value is -0.950. The number of nitrogens with one attached hydrogen (secondary N) is 2. The number of hydrogen-bond donors (Lipinski definition) is 2. The number of benzene rings is 1. The van der Waals surface area contributed by atoms with Gasteiger partial charge in [0.05, 0.1) is 11.0 Å². The normalized spacial score (nSPS) is 13.4. The zero-order valence-electron chi connectivity index (χ0n) is 12.6. The molecule has 2 N–H and O–H groups in total. The third-order valence-electron chi connectivity index (χ3n) is 3.16. The highest BCUT2D eigenvalue weighted by Crippen LogP contribution is 2.15. The topological polar surface area (TPSA) is 67.4 Å². The number of aryl methyl sites for hydroxylation is 1. The van der Waals surface area contributed by atoms with Gasteiger partial charge in [-0.2, -0.15) is 0 Å². The first-order valence-electron chi connectivity index (χ1n) is 6.73. The molecule has 0 saturated heterocycles. The van der Waals surface area contributed by atoms with Crippen molar-refractivity contribution in [3.8, 4) is 0 Å². The molecule has 1 unspecified atom stereocenters. The van der Waals surface area contributed by atoms with Gasteiger partial charge in [-0.05, 0) is 43.7 Å². The van der Waals surface area contributed by atoms with E-state index in [-0.39, 0.29) is 12.6 Å². The van der Waals surface area contributed by atoms with E-state index in [4.69, 9.17) is 4.74 Å². The lowest BCUT2D eigenvalue weighted by molar-refractivity contribution is 0.122. The van der Waals surface area contributed by atoms with Crippen LogP contribution < -0.4 is 10.0 Å². The Labute approximate surface area is 121 Å². The van der Waals surface area contributed by atoms with Gasteiger partial charge in [-0.15, -0.1) is 0 Å². The SMILES string of the molecule is CCNCc1cc(S(=O)(=O)NCC(C)OC)ccc1C. The van der Waals surface area contributed by atoms with Crippen LogP contribution in [0.15, 0.2) is 23.1 Å². The molecule has 1 aromatic carbocycles. The van der Waals surface area contributed by atoms with Crippen molar-refractivity contribution in [3.63, 3.8) is 0 Å². The largest absolute Gasteiger partial charge is 0.380 e. The van der Waals surface area contributed by atoms with E-state index < -0.39 is 10.0 Å². The van der Waals surface area contributed by atoms with Crippen molar-refractivity contribution in [1.29, 1.82) is 0 Å². The molecule has 20 heavy (non-hydrogen) atoms. The molecule has 0 spiro atoms.